The van der Waals surface area contributed by atoms with E-state index in [-0.39, 0.29) is 29.7 Å². The topological polar surface area (TPSA) is 0 Å². The van der Waals surface area contributed by atoms with Crippen molar-refractivity contribution in [2.75, 3.05) is 0 Å². The first-order valence-electron chi connectivity index (χ1n) is 26.8. The summed E-state index contributed by atoms with van der Waals surface area (Å²) in [5.74, 6) is 14.0. The molecule has 8 aliphatic carbocycles. The molecular formula is C60H100Cl4Si2Zr2. The van der Waals surface area contributed by atoms with Gasteiger partial charge in [0.1, 0.15) is 0 Å². The summed E-state index contributed by atoms with van der Waals surface area (Å²) in [5, 5.41) is 0. The maximum absolute atomic E-state index is 4.93. The summed E-state index contributed by atoms with van der Waals surface area (Å²) < 4.78 is 0. The second-order valence-corrected chi connectivity index (χ2v) is 42.1. The van der Waals surface area contributed by atoms with Crippen molar-refractivity contribution in [2.45, 2.75) is 203 Å². The van der Waals surface area contributed by atoms with Crippen LogP contribution in [0.25, 0.3) is 0 Å². The van der Waals surface area contributed by atoms with Gasteiger partial charge in [0.15, 0.2) is 0 Å². The van der Waals surface area contributed by atoms with Gasteiger partial charge in [-0.3, -0.25) is 0 Å². The third-order valence-electron chi connectivity index (χ3n) is 21.0. The molecule has 2 aromatic rings. The summed E-state index contributed by atoms with van der Waals surface area (Å²) in [6, 6.07) is 23.2. The predicted molar refractivity (Wildman–Crippen MR) is 305 cm³/mol. The molecule has 0 bridgehead atoms. The number of fused-ring (bicyclic) bond motifs is 4. The molecule has 0 amide bonds. The molecule has 0 aromatic heterocycles. The van der Waals surface area contributed by atoms with Crippen molar-refractivity contribution in [3.05, 3.63) is 101 Å². The number of rotatable bonds is 6. The Hall–Kier alpha value is 1.80. The van der Waals surface area contributed by atoms with Crippen LogP contribution in [0.3, 0.4) is 0 Å². The molecule has 0 nitrogen and oxygen atoms in total. The van der Waals surface area contributed by atoms with Crippen LogP contribution >= 0.6 is 34.1 Å². The molecule has 8 fully saturated rings. The van der Waals surface area contributed by atoms with E-state index in [1.54, 1.807) is 49.7 Å². The van der Waals surface area contributed by atoms with Crippen LogP contribution in [0.1, 0.15) is 166 Å². The van der Waals surface area contributed by atoms with Crippen molar-refractivity contribution in [3.63, 3.8) is 0 Å². The van der Waals surface area contributed by atoms with Gasteiger partial charge in [0.2, 0.25) is 0 Å². The Balaban J connectivity index is 0.000000307. The van der Waals surface area contributed by atoms with E-state index in [1.807, 2.05) is 0 Å². The molecule has 8 heteroatoms. The second-order valence-electron chi connectivity index (χ2n) is 24.7. The SMILES string of the molecule is CC1CC2CCCCC2C1[Si](C)(C)C1C(C)CC2C(c3ccccc3)CCCC21.CC1CC2CCCCC2C1[Si](C)(C)C1C(C)CC2C(c3ccccc3)CCCC21.[CH3-].[CH3-].[CH3-].[CH3-].[Cl][Zr+2][Cl].[Cl][Zr+2][Cl]. The molecule has 8 aliphatic rings. The van der Waals surface area contributed by atoms with Crippen molar-refractivity contribution in [2.24, 2.45) is 71.0 Å². The van der Waals surface area contributed by atoms with Gasteiger partial charge >= 0.3 is 75.7 Å². The van der Waals surface area contributed by atoms with Crippen LogP contribution in [-0.2, 0) is 41.7 Å². The summed E-state index contributed by atoms with van der Waals surface area (Å²) in [7, 11) is 17.1. The molecule has 0 saturated heterocycles. The quantitative estimate of drug-likeness (QED) is 0.200. The maximum atomic E-state index is 4.93. The number of benzene rings is 2. The molecular weight excluding hydrogens is 1100 g/mol. The van der Waals surface area contributed by atoms with Gasteiger partial charge < -0.3 is 29.7 Å². The zero-order valence-electron chi connectivity index (χ0n) is 45.4. The van der Waals surface area contributed by atoms with Crippen molar-refractivity contribution in [1.82, 2.24) is 0 Å². The first kappa shape index (κ1) is 64.1. The van der Waals surface area contributed by atoms with Gasteiger partial charge in [0.25, 0.3) is 0 Å². The van der Waals surface area contributed by atoms with Gasteiger partial charge in [-0.05, 0) is 155 Å². The Labute approximate surface area is 463 Å². The van der Waals surface area contributed by atoms with Crippen LogP contribution in [0.4, 0.5) is 0 Å². The Morgan fingerprint density at radius 3 is 0.985 bits per heavy atom. The first-order valence-corrected chi connectivity index (χ1v) is 45.8. The third-order valence-corrected chi connectivity index (χ3v) is 31.9. The predicted octanol–water partition coefficient (Wildman–Crippen LogP) is 21.6. The Kier molecular flexibility index (Phi) is 27.7. The third kappa shape index (κ3) is 13.8. The molecule has 18 atom stereocenters. The first-order chi connectivity index (χ1) is 30.8. The average molecular weight is 1200 g/mol. The monoisotopic (exact) mass is 1200 g/mol. The Bertz CT molecular complexity index is 1580. The molecule has 0 N–H and O–H groups in total. The van der Waals surface area contributed by atoms with Crippen molar-refractivity contribution < 1.29 is 41.7 Å². The molecule has 0 aliphatic heterocycles. The Morgan fingerprint density at radius 2 is 0.647 bits per heavy atom. The van der Waals surface area contributed by atoms with E-state index in [2.05, 4.69) is 115 Å². The Morgan fingerprint density at radius 1 is 0.368 bits per heavy atom. The molecule has 384 valence electrons. The summed E-state index contributed by atoms with van der Waals surface area (Å²) in [4.78, 5) is 0. The van der Waals surface area contributed by atoms with Crippen LogP contribution in [0.15, 0.2) is 60.7 Å². The standard InChI is InChI=1S/2C28H44Si.4CH3.4ClH.2Zr/c2*1-19-17-22-13-8-9-14-24(22)27(19)29(3,4)28-20(2)18-26-23(15-10-16-25(26)28)21-11-6-5-7-12-21;;;;;;;;;;/h2*5-7,11-12,19-20,22-28H,8-10,13-18H2,1-4H3;4*1H3;4*1H;;/q;;4*-1;;;;;2*+4/p-4. The number of halogens is 4. The number of hydrogen-bond acceptors (Lipinski definition) is 0. The van der Waals surface area contributed by atoms with Crippen LogP contribution in [0.5, 0.6) is 0 Å². The fourth-order valence-corrected chi connectivity index (χ4v) is 33.5. The van der Waals surface area contributed by atoms with Crippen molar-refractivity contribution in [1.29, 1.82) is 0 Å². The van der Waals surface area contributed by atoms with E-state index >= 15 is 0 Å². The van der Waals surface area contributed by atoms with Crippen LogP contribution in [0.2, 0.25) is 48.4 Å². The van der Waals surface area contributed by atoms with Crippen molar-refractivity contribution in [3.8, 4) is 0 Å². The van der Waals surface area contributed by atoms with Gasteiger partial charge in [-0.2, -0.15) is 0 Å². The van der Waals surface area contributed by atoms with Gasteiger partial charge in [0, 0.05) is 0 Å². The minimum atomic E-state index is -1.31. The molecule has 0 spiro atoms. The van der Waals surface area contributed by atoms with E-state index in [0.717, 1.165) is 105 Å². The van der Waals surface area contributed by atoms with E-state index in [1.165, 1.54) is 77.0 Å². The number of hydrogen-bond donors (Lipinski definition) is 0. The summed E-state index contributed by atoms with van der Waals surface area (Å²) in [6.45, 7) is 22.1. The van der Waals surface area contributed by atoms with E-state index < -0.39 is 57.8 Å². The van der Waals surface area contributed by atoms with Gasteiger partial charge in [-0.1, -0.05) is 192 Å². The average Bonchev–Trinajstić information content (AvgIpc) is 4.03. The van der Waals surface area contributed by atoms with Crippen LogP contribution < -0.4 is 0 Å². The van der Waals surface area contributed by atoms with Gasteiger partial charge in [0.05, 0.1) is 16.1 Å². The molecule has 8 saturated carbocycles. The van der Waals surface area contributed by atoms with E-state index in [9.17, 15) is 0 Å². The zero-order valence-corrected chi connectivity index (χ0v) is 55.3. The summed E-state index contributed by atoms with van der Waals surface area (Å²) in [6.07, 6.45) is 27.4. The molecule has 2 aromatic carbocycles. The van der Waals surface area contributed by atoms with Gasteiger partial charge in [-0.15, -0.1) is 0 Å². The second kappa shape index (κ2) is 29.4. The van der Waals surface area contributed by atoms with Crippen LogP contribution in [0, 0.1) is 101 Å². The van der Waals surface area contributed by atoms with E-state index in [0.29, 0.717) is 0 Å². The molecule has 0 radical (unpaired) electrons. The molecule has 68 heavy (non-hydrogen) atoms. The zero-order chi connectivity index (χ0) is 45.8. The normalized spacial score (nSPS) is 38.7. The molecule has 10 rings (SSSR count). The van der Waals surface area contributed by atoms with Gasteiger partial charge in [-0.25, -0.2) is 0 Å². The van der Waals surface area contributed by atoms with Crippen molar-refractivity contribution >= 4 is 50.2 Å². The minimum absolute atomic E-state index is 0. The van der Waals surface area contributed by atoms with E-state index in [4.69, 9.17) is 34.1 Å². The summed E-state index contributed by atoms with van der Waals surface area (Å²) in [5.41, 5.74) is 7.67. The van der Waals surface area contributed by atoms with Crippen LogP contribution in [-0.4, -0.2) is 16.1 Å². The molecule has 0 heterocycles. The fourth-order valence-electron chi connectivity index (χ4n) is 20.1. The summed E-state index contributed by atoms with van der Waals surface area (Å²) >= 11 is -1.65. The molecule has 18 unspecified atom stereocenters. The fraction of sp³-hybridized carbons (Fsp3) is 0.733.